The molecule has 0 saturated carbocycles. The molecule has 0 amide bonds. The minimum Gasteiger partial charge on any atom is -0.496 e. The summed E-state index contributed by atoms with van der Waals surface area (Å²) in [5, 5.41) is 20.5. The summed E-state index contributed by atoms with van der Waals surface area (Å²) in [5.74, 6) is 0.0564. The number of hydrogen-bond acceptors (Lipinski definition) is 4. The minimum atomic E-state index is -0.870. The Bertz CT molecular complexity index is 1100. The molecule has 0 saturated heterocycles. The third-order valence-corrected chi connectivity index (χ3v) is 6.37. The van der Waals surface area contributed by atoms with Gasteiger partial charge in [0.2, 0.25) is 0 Å². The van der Waals surface area contributed by atoms with Crippen molar-refractivity contribution >= 4 is 5.97 Å². The van der Waals surface area contributed by atoms with Crippen LogP contribution in [0.2, 0.25) is 0 Å². The summed E-state index contributed by atoms with van der Waals surface area (Å²) in [6, 6.07) is 17.8. The SMILES string of the molecule is COc1cc(C(O)C(CCCc2cccc(F)c2)Cc2ccc(CC(=O)O)cc2)cc(OC)c1C. The Balaban J connectivity index is 1.82. The third-order valence-electron chi connectivity index (χ3n) is 6.37. The summed E-state index contributed by atoms with van der Waals surface area (Å²) >= 11 is 0. The fourth-order valence-corrected chi connectivity index (χ4v) is 4.45. The van der Waals surface area contributed by atoms with E-state index in [1.54, 1.807) is 26.4 Å². The molecule has 2 atom stereocenters. The van der Waals surface area contributed by atoms with E-state index in [9.17, 15) is 14.3 Å². The van der Waals surface area contributed by atoms with Crippen LogP contribution in [0.4, 0.5) is 4.39 Å². The van der Waals surface area contributed by atoms with Crippen LogP contribution in [0, 0.1) is 18.7 Å². The van der Waals surface area contributed by atoms with Crippen LogP contribution in [0.25, 0.3) is 0 Å². The number of carboxylic acid groups (broad SMARTS) is 1. The number of methoxy groups -OCH3 is 2. The minimum absolute atomic E-state index is 0.0249. The van der Waals surface area contributed by atoms with Gasteiger partial charge in [0.1, 0.15) is 17.3 Å². The number of benzene rings is 3. The maximum Gasteiger partial charge on any atom is 0.307 e. The number of aryl methyl sites for hydroxylation is 1. The molecule has 0 aliphatic carbocycles. The van der Waals surface area contributed by atoms with Crippen molar-refractivity contribution in [2.75, 3.05) is 14.2 Å². The number of aliphatic hydroxyl groups excluding tert-OH is 1. The van der Waals surface area contributed by atoms with Gasteiger partial charge < -0.3 is 19.7 Å². The van der Waals surface area contributed by atoms with Gasteiger partial charge in [0.05, 0.1) is 26.7 Å². The summed E-state index contributed by atoms with van der Waals surface area (Å²) in [4.78, 5) is 11.0. The molecule has 5 nitrogen and oxygen atoms in total. The number of ether oxygens (including phenoxy) is 2. The van der Waals surface area contributed by atoms with Crippen LogP contribution >= 0.6 is 0 Å². The molecule has 0 aromatic heterocycles. The highest BCUT2D eigenvalue weighted by Crippen LogP contribution is 2.36. The van der Waals surface area contributed by atoms with Gasteiger partial charge in [-0.1, -0.05) is 36.4 Å². The molecule has 0 heterocycles. The maximum atomic E-state index is 13.6. The van der Waals surface area contributed by atoms with E-state index >= 15 is 0 Å². The zero-order valence-corrected chi connectivity index (χ0v) is 20.5. The Morgan fingerprint density at radius 3 is 2.14 bits per heavy atom. The van der Waals surface area contributed by atoms with Gasteiger partial charge in [0, 0.05) is 5.56 Å². The zero-order valence-electron chi connectivity index (χ0n) is 20.5. The Kier molecular flexibility index (Phi) is 9.26. The van der Waals surface area contributed by atoms with Crippen molar-refractivity contribution < 1.29 is 28.9 Å². The van der Waals surface area contributed by atoms with Crippen LogP contribution in [0.15, 0.2) is 60.7 Å². The van der Waals surface area contributed by atoms with Crippen LogP contribution < -0.4 is 9.47 Å². The second kappa shape index (κ2) is 12.4. The number of carboxylic acids is 1. The van der Waals surface area contributed by atoms with Crippen molar-refractivity contribution in [2.24, 2.45) is 5.92 Å². The Hall–Kier alpha value is -3.38. The predicted molar refractivity (Wildman–Crippen MR) is 134 cm³/mol. The summed E-state index contributed by atoms with van der Waals surface area (Å²) < 4.78 is 24.6. The maximum absolute atomic E-state index is 13.6. The van der Waals surface area contributed by atoms with Crippen LogP contribution in [0.1, 0.15) is 46.8 Å². The van der Waals surface area contributed by atoms with Crippen molar-refractivity contribution in [2.45, 2.75) is 45.1 Å². The molecule has 0 aliphatic rings. The van der Waals surface area contributed by atoms with Gasteiger partial charge in [-0.05, 0) is 85.0 Å². The molecule has 0 bridgehead atoms. The molecule has 6 heteroatoms. The second-order valence-electron chi connectivity index (χ2n) is 8.87. The lowest BCUT2D eigenvalue weighted by Crippen LogP contribution is -2.17. The number of halogens is 1. The van der Waals surface area contributed by atoms with Crippen LogP contribution in [-0.4, -0.2) is 30.4 Å². The van der Waals surface area contributed by atoms with Gasteiger partial charge in [0.25, 0.3) is 0 Å². The largest absolute Gasteiger partial charge is 0.496 e. The van der Waals surface area contributed by atoms with E-state index in [1.807, 2.05) is 49.4 Å². The molecule has 3 aromatic rings. The van der Waals surface area contributed by atoms with Crippen LogP contribution in [0.5, 0.6) is 11.5 Å². The van der Waals surface area contributed by atoms with Gasteiger partial charge >= 0.3 is 5.97 Å². The predicted octanol–water partition coefficient (Wildman–Crippen LogP) is 5.69. The molecule has 2 unspecified atom stereocenters. The summed E-state index contributed by atoms with van der Waals surface area (Å²) in [6.45, 7) is 1.91. The molecule has 0 spiro atoms. The van der Waals surface area contributed by atoms with Gasteiger partial charge in [0.15, 0.2) is 0 Å². The van der Waals surface area contributed by atoms with E-state index in [0.29, 0.717) is 36.3 Å². The summed E-state index contributed by atoms with van der Waals surface area (Å²) in [6.07, 6.45) is 2.01. The van der Waals surface area contributed by atoms with Crippen molar-refractivity contribution in [1.82, 2.24) is 0 Å². The number of carbonyl (C=O) groups is 1. The molecule has 2 N–H and O–H groups in total. The highest BCUT2D eigenvalue weighted by molar-refractivity contribution is 5.70. The topological polar surface area (TPSA) is 76.0 Å². The summed E-state index contributed by atoms with van der Waals surface area (Å²) in [5.41, 5.74) is 4.25. The number of hydrogen-bond donors (Lipinski definition) is 2. The average Bonchev–Trinajstić information content (AvgIpc) is 2.84. The van der Waals surface area contributed by atoms with Crippen LogP contribution in [-0.2, 0) is 24.1 Å². The quantitative estimate of drug-likeness (QED) is 0.348. The zero-order chi connectivity index (χ0) is 25.4. The molecule has 0 radical (unpaired) electrons. The first kappa shape index (κ1) is 26.2. The molecular formula is C29H33FO5. The van der Waals surface area contributed by atoms with Gasteiger partial charge in [-0.15, -0.1) is 0 Å². The van der Waals surface area contributed by atoms with E-state index in [-0.39, 0.29) is 18.2 Å². The Labute approximate surface area is 206 Å². The molecule has 186 valence electrons. The normalized spacial score (nSPS) is 12.7. The van der Waals surface area contributed by atoms with Crippen LogP contribution in [0.3, 0.4) is 0 Å². The third kappa shape index (κ3) is 7.30. The van der Waals surface area contributed by atoms with E-state index in [4.69, 9.17) is 14.6 Å². The first-order chi connectivity index (χ1) is 16.8. The van der Waals surface area contributed by atoms with Gasteiger partial charge in [-0.3, -0.25) is 4.79 Å². The van der Waals surface area contributed by atoms with Crippen molar-refractivity contribution in [1.29, 1.82) is 0 Å². The van der Waals surface area contributed by atoms with E-state index in [0.717, 1.165) is 28.7 Å². The van der Waals surface area contributed by atoms with Crippen molar-refractivity contribution in [3.63, 3.8) is 0 Å². The number of aliphatic carboxylic acids is 1. The molecule has 0 fully saturated rings. The smallest absolute Gasteiger partial charge is 0.307 e. The lowest BCUT2D eigenvalue weighted by Gasteiger charge is -2.25. The first-order valence-corrected chi connectivity index (χ1v) is 11.7. The van der Waals surface area contributed by atoms with E-state index in [1.165, 1.54) is 6.07 Å². The van der Waals surface area contributed by atoms with Crippen molar-refractivity contribution in [3.05, 3.63) is 94.3 Å². The lowest BCUT2D eigenvalue weighted by molar-refractivity contribution is -0.136. The standard InChI is InChI=1S/C29H33FO5/c1-19-26(34-2)17-24(18-27(19)35-3)29(33)23(8-4-6-20-7-5-9-25(30)15-20)14-21-10-12-22(13-11-21)16-28(31)32/h5,7,9-13,15,17-18,23,29,33H,4,6,8,14,16H2,1-3H3,(H,31,32). The fraction of sp³-hybridized carbons (Fsp3) is 0.345. The number of aliphatic hydroxyl groups is 1. The van der Waals surface area contributed by atoms with Gasteiger partial charge in [-0.2, -0.15) is 0 Å². The molecule has 0 aliphatic heterocycles. The Morgan fingerprint density at radius 2 is 1.57 bits per heavy atom. The highest BCUT2D eigenvalue weighted by atomic mass is 19.1. The van der Waals surface area contributed by atoms with Gasteiger partial charge in [-0.25, -0.2) is 4.39 Å². The second-order valence-corrected chi connectivity index (χ2v) is 8.87. The summed E-state index contributed by atoms with van der Waals surface area (Å²) in [7, 11) is 3.18. The molecule has 3 rings (SSSR count). The van der Waals surface area contributed by atoms with E-state index in [2.05, 4.69) is 0 Å². The molecular weight excluding hydrogens is 447 g/mol. The fourth-order valence-electron chi connectivity index (χ4n) is 4.45. The first-order valence-electron chi connectivity index (χ1n) is 11.7. The highest BCUT2D eigenvalue weighted by Gasteiger charge is 2.24. The number of rotatable bonds is 12. The van der Waals surface area contributed by atoms with Crippen molar-refractivity contribution in [3.8, 4) is 11.5 Å². The molecule has 3 aromatic carbocycles. The molecule has 35 heavy (non-hydrogen) atoms. The van der Waals surface area contributed by atoms with E-state index < -0.39 is 12.1 Å². The Morgan fingerprint density at radius 1 is 0.943 bits per heavy atom. The monoisotopic (exact) mass is 480 g/mol. The average molecular weight is 481 g/mol. The lowest BCUT2D eigenvalue weighted by atomic mass is 9.85.